The first-order valence-corrected chi connectivity index (χ1v) is 4.08. The van der Waals surface area contributed by atoms with Crippen LogP contribution in [0.3, 0.4) is 0 Å². The number of hydrogen-bond donors (Lipinski definition) is 1. The summed E-state index contributed by atoms with van der Waals surface area (Å²) in [4.78, 5) is 2.50. The highest BCUT2D eigenvalue weighted by Gasteiger charge is 2.44. The van der Waals surface area contributed by atoms with Gasteiger partial charge in [0, 0.05) is 19.1 Å². The molecule has 10 heavy (non-hydrogen) atoms. The fraction of sp³-hybridized carbons (Fsp3) is 1.00. The van der Waals surface area contributed by atoms with E-state index in [2.05, 4.69) is 11.8 Å². The van der Waals surface area contributed by atoms with Gasteiger partial charge < -0.3 is 0 Å². The van der Waals surface area contributed by atoms with Gasteiger partial charge >= 0.3 is 0 Å². The third kappa shape index (κ3) is 0.713. The summed E-state index contributed by atoms with van der Waals surface area (Å²) in [5.41, 5.74) is 0. The van der Waals surface area contributed by atoms with E-state index in [0.29, 0.717) is 6.04 Å². The summed E-state index contributed by atoms with van der Waals surface area (Å²) in [5, 5.41) is 2.00. The van der Waals surface area contributed by atoms with Crippen LogP contribution < -0.4 is 5.84 Å². The third-order valence-electron chi connectivity index (χ3n) is 2.85. The van der Waals surface area contributed by atoms with Crippen LogP contribution in [0, 0.1) is 0 Å². The van der Waals surface area contributed by atoms with Crippen molar-refractivity contribution in [3.05, 3.63) is 0 Å². The predicted octanol–water partition coefficient (Wildman–Crippen LogP) is -0.361. The van der Waals surface area contributed by atoms with E-state index in [9.17, 15) is 0 Å². The number of fused-ring (bicyclic) bond motifs is 1. The summed E-state index contributed by atoms with van der Waals surface area (Å²) >= 11 is 0. The number of rotatable bonds is 1. The molecule has 3 nitrogen and oxygen atoms in total. The molecular formula is C7H15N3. The summed E-state index contributed by atoms with van der Waals surface area (Å²) < 4.78 is 0. The number of nitrogens with zero attached hydrogens (tertiary/aromatic N) is 2. The van der Waals surface area contributed by atoms with Gasteiger partial charge in [-0.3, -0.25) is 10.7 Å². The molecule has 2 rings (SSSR count). The van der Waals surface area contributed by atoms with Crippen molar-refractivity contribution in [3.8, 4) is 0 Å². The first kappa shape index (κ1) is 6.58. The van der Waals surface area contributed by atoms with Crippen molar-refractivity contribution in [2.75, 3.05) is 19.6 Å². The van der Waals surface area contributed by atoms with Crippen LogP contribution in [-0.4, -0.2) is 41.6 Å². The standard InChI is InChI=1S/C7H15N3/c1-2-9-5-7-6(9)3-4-10(7)8/h6-7H,2-5,8H2,1H3. The number of hydrazine groups is 1. The second-order valence-corrected chi connectivity index (χ2v) is 3.25. The Morgan fingerprint density at radius 2 is 2.30 bits per heavy atom. The molecule has 0 aromatic carbocycles. The molecular weight excluding hydrogens is 126 g/mol. The van der Waals surface area contributed by atoms with Crippen LogP contribution in [0.4, 0.5) is 0 Å². The van der Waals surface area contributed by atoms with Gasteiger partial charge in [0.15, 0.2) is 0 Å². The number of nitrogens with two attached hydrogens (primary N) is 1. The lowest BCUT2D eigenvalue weighted by molar-refractivity contribution is 0.0272. The van der Waals surface area contributed by atoms with E-state index >= 15 is 0 Å². The fourth-order valence-corrected chi connectivity index (χ4v) is 2.11. The zero-order chi connectivity index (χ0) is 7.14. The first-order chi connectivity index (χ1) is 4.83. The summed E-state index contributed by atoms with van der Waals surface area (Å²) in [7, 11) is 0. The van der Waals surface area contributed by atoms with Crippen molar-refractivity contribution in [2.45, 2.75) is 25.4 Å². The summed E-state index contributed by atoms with van der Waals surface area (Å²) in [6, 6.07) is 1.47. The molecule has 0 amide bonds. The molecule has 0 bridgehead atoms. The van der Waals surface area contributed by atoms with Gasteiger partial charge in [-0.15, -0.1) is 0 Å². The van der Waals surface area contributed by atoms with Crippen LogP contribution in [0.2, 0.25) is 0 Å². The fourth-order valence-electron chi connectivity index (χ4n) is 2.11. The number of likely N-dealkylation sites (tertiary alicyclic amines) is 1. The minimum atomic E-state index is 0.681. The SMILES string of the molecule is CCN1CC2C1CCN2N. The Morgan fingerprint density at radius 1 is 1.50 bits per heavy atom. The lowest BCUT2D eigenvalue weighted by Gasteiger charge is -2.45. The molecule has 0 radical (unpaired) electrons. The Morgan fingerprint density at radius 3 is 2.90 bits per heavy atom. The Hall–Kier alpha value is -0.120. The van der Waals surface area contributed by atoms with Crippen molar-refractivity contribution in [3.63, 3.8) is 0 Å². The van der Waals surface area contributed by atoms with Gasteiger partial charge in [0.2, 0.25) is 0 Å². The minimum Gasteiger partial charge on any atom is -0.297 e. The van der Waals surface area contributed by atoms with Crippen molar-refractivity contribution >= 4 is 0 Å². The molecule has 2 aliphatic rings. The lowest BCUT2D eigenvalue weighted by atomic mass is 9.98. The molecule has 0 aliphatic carbocycles. The molecule has 2 fully saturated rings. The molecule has 0 aromatic rings. The van der Waals surface area contributed by atoms with Crippen LogP contribution in [-0.2, 0) is 0 Å². The summed E-state index contributed by atoms with van der Waals surface area (Å²) in [6.07, 6.45) is 1.27. The summed E-state index contributed by atoms with van der Waals surface area (Å²) in [6.45, 7) is 5.69. The van der Waals surface area contributed by atoms with E-state index in [1.54, 1.807) is 0 Å². The zero-order valence-electron chi connectivity index (χ0n) is 6.45. The van der Waals surface area contributed by atoms with Crippen LogP contribution in [0.25, 0.3) is 0 Å². The molecule has 2 heterocycles. The Labute approximate surface area is 61.7 Å². The van der Waals surface area contributed by atoms with E-state index in [0.717, 1.165) is 12.6 Å². The number of hydrogen-bond acceptors (Lipinski definition) is 3. The predicted molar refractivity (Wildman–Crippen MR) is 40.3 cm³/mol. The quantitative estimate of drug-likeness (QED) is 0.506. The lowest BCUT2D eigenvalue weighted by Crippen LogP contribution is -2.62. The van der Waals surface area contributed by atoms with E-state index in [4.69, 9.17) is 5.84 Å². The van der Waals surface area contributed by atoms with Crippen LogP contribution in [0.15, 0.2) is 0 Å². The van der Waals surface area contributed by atoms with Gasteiger partial charge in [-0.25, -0.2) is 5.01 Å². The van der Waals surface area contributed by atoms with Gasteiger partial charge in [0.1, 0.15) is 0 Å². The highest BCUT2D eigenvalue weighted by Crippen LogP contribution is 2.29. The Balaban J connectivity index is 1.96. The zero-order valence-corrected chi connectivity index (χ0v) is 6.45. The minimum absolute atomic E-state index is 0.681. The van der Waals surface area contributed by atoms with Gasteiger partial charge in [-0.1, -0.05) is 6.92 Å². The molecule has 58 valence electrons. The van der Waals surface area contributed by atoms with Gasteiger partial charge in [0.25, 0.3) is 0 Å². The maximum atomic E-state index is 5.74. The molecule has 2 N–H and O–H groups in total. The van der Waals surface area contributed by atoms with Crippen LogP contribution in [0.5, 0.6) is 0 Å². The third-order valence-corrected chi connectivity index (χ3v) is 2.85. The molecule has 2 atom stereocenters. The van der Waals surface area contributed by atoms with E-state index in [1.165, 1.54) is 19.5 Å². The van der Waals surface area contributed by atoms with E-state index < -0.39 is 0 Å². The second-order valence-electron chi connectivity index (χ2n) is 3.25. The van der Waals surface area contributed by atoms with E-state index in [1.807, 2.05) is 5.01 Å². The van der Waals surface area contributed by atoms with Gasteiger partial charge in [-0.2, -0.15) is 0 Å². The topological polar surface area (TPSA) is 32.5 Å². The molecule has 0 saturated carbocycles. The van der Waals surface area contributed by atoms with Crippen molar-refractivity contribution in [1.82, 2.24) is 9.91 Å². The molecule has 2 aliphatic heterocycles. The Bertz CT molecular complexity index is 137. The highest BCUT2D eigenvalue weighted by atomic mass is 15.5. The summed E-state index contributed by atoms with van der Waals surface area (Å²) in [5.74, 6) is 5.74. The van der Waals surface area contributed by atoms with Crippen molar-refractivity contribution in [2.24, 2.45) is 5.84 Å². The molecule has 2 saturated heterocycles. The average molecular weight is 141 g/mol. The van der Waals surface area contributed by atoms with Gasteiger partial charge in [0.05, 0.1) is 6.04 Å². The van der Waals surface area contributed by atoms with E-state index in [-0.39, 0.29) is 0 Å². The highest BCUT2D eigenvalue weighted by molar-refractivity contribution is 5.01. The van der Waals surface area contributed by atoms with Gasteiger partial charge in [-0.05, 0) is 13.0 Å². The monoisotopic (exact) mass is 141 g/mol. The smallest absolute Gasteiger partial charge is 0.0524 e. The molecule has 0 aromatic heterocycles. The van der Waals surface area contributed by atoms with Crippen molar-refractivity contribution in [1.29, 1.82) is 0 Å². The first-order valence-electron chi connectivity index (χ1n) is 4.08. The molecule has 0 spiro atoms. The number of likely N-dealkylation sites (N-methyl/N-ethyl adjacent to an activating group) is 1. The average Bonchev–Trinajstić information content (AvgIpc) is 2.10. The Kier molecular flexibility index (Phi) is 1.44. The van der Waals surface area contributed by atoms with Crippen LogP contribution >= 0.6 is 0 Å². The van der Waals surface area contributed by atoms with Crippen molar-refractivity contribution < 1.29 is 0 Å². The molecule has 3 heteroatoms. The van der Waals surface area contributed by atoms with Crippen LogP contribution in [0.1, 0.15) is 13.3 Å². The maximum Gasteiger partial charge on any atom is 0.0524 e. The second kappa shape index (κ2) is 2.19. The normalized spacial score (nSPS) is 41.4. The maximum absolute atomic E-state index is 5.74. The largest absolute Gasteiger partial charge is 0.297 e. The molecule has 2 unspecified atom stereocenters.